The maximum absolute atomic E-state index is 5.19. The van der Waals surface area contributed by atoms with Crippen LogP contribution in [-0.4, -0.2) is 22.2 Å². The Morgan fingerprint density at radius 1 is 0.317 bits per heavy atom. The van der Waals surface area contributed by atoms with Crippen molar-refractivity contribution in [3.05, 3.63) is 206 Å². The molecule has 0 aliphatic carbocycles. The summed E-state index contributed by atoms with van der Waals surface area (Å²) < 4.78 is 4.83. The summed E-state index contributed by atoms with van der Waals surface area (Å²) in [5.74, 6) is 0. The average Bonchev–Trinajstić information content (AvgIpc) is 3.81. The van der Waals surface area contributed by atoms with E-state index in [1.807, 2.05) is 6.07 Å². The number of nitrogens with zero attached hydrogens (tertiary/aromatic N) is 3. The molecule has 0 atom stereocenters. The van der Waals surface area contributed by atoms with E-state index in [-0.39, 0.29) is 0 Å². The SMILES string of the molecule is C[Si](C)(C)c1ccc(-n2c3ccccc3c3ccc(-c4ccc5c(c4)c4ccccc4n5-c4ccc(-c5cc(-c6ccccc6)cc(-c6ccccc6)n5)cc4)cc32)cc1. The van der Waals surface area contributed by atoms with E-state index in [0.29, 0.717) is 0 Å². The molecular formula is C56H43N3Si. The van der Waals surface area contributed by atoms with Gasteiger partial charge in [-0.15, -0.1) is 0 Å². The van der Waals surface area contributed by atoms with Crippen LogP contribution in [0.25, 0.3) is 99.8 Å². The van der Waals surface area contributed by atoms with Gasteiger partial charge in [0.15, 0.2) is 0 Å². The Balaban J connectivity index is 1.00. The van der Waals surface area contributed by atoms with Gasteiger partial charge >= 0.3 is 0 Å². The van der Waals surface area contributed by atoms with Crippen molar-refractivity contribution in [3.8, 4) is 56.1 Å². The van der Waals surface area contributed by atoms with Gasteiger partial charge in [-0.1, -0.05) is 164 Å². The molecule has 0 N–H and O–H groups in total. The van der Waals surface area contributed by atoms with Crippen molar-refractivity contribution in [2.24, 2.45) is 0 Å². The summed E-state index contributed by atoms with van der Waals surface area (Å²) in [4.78, 5) is 5.19. The van der Waals surface area contributed by atoms with Gasteiger partial charge in [0.2, 0.25) is 0 Å². The molecule has 11 rings (SSSR count). The number of benzene rings is 8. The highest BCUT2D eigenvalue weighted by Crippen LogP contribution is 2.39. The van der Waals surface area contributed by atoms with Crippen LogP contribution in [0.4, 0.5) is 0 Å². The Kier molecular flexibility index (Phi) is 8.50. The van der Waals surface area contributed by atoms with Gasteiger partial charge in [0.05, 0.1) is 41.5 Å². The smallest absolute Gasteiger partial charge is 0.0775 e. The van der Waals surface area contributed by atoms with Gasteiger partial charge in [0, 0.05) is 44.0 Å². The highest BCUT2D eigenvalue weighted by atomic mass is 28.3. The maximum Gasteiger partial charge on any atom is 0.0775 e. The highest BCUT2D eigenvalue weighted by Gasteiger charge is 2.19. The van der Waals surface area contributed by atoms with Crippen molar-refractivity contribution in [1.82, 2.24) is 14.1 Å². The summed E-state index contributed by atoms with van der Waals surface area (Å²) in [6.45, 7) is 7.22. The molecule has 286 valence electrons. The minimum atomic E-state index is -1.42. The molecule has 0 radical (unpaired) electrons. The largest absolute Gasteiger partial charge is 0.309 e. The Morgan fingerprint density at radius 2 is 0.767 bits per heavy atom. The van der Waals surface area contributed by atoms with Gasteiger partial charge in [-0.25, -0.2) is 4.98 Å². The van der Waals surface area contributed by atoms with Crippen LogP contribution in [-0.2, 0) is 0 Å². The molecule has 3 aromatic heterocycles. The first-order valence-electron chi connectivity index (χ1n) is 20.8. The van der Waals surface area contributed by atoms with E-state index in [9.17, 15) is 0 Å². The van der Waals surface area contributed by atoms with Crippen LogP contribution >= 0.6 is 0 Å². The third-order valence-electron chi connectivity index (χ3n) is 12.1. The predicted octanol–water partition coefficient (Wildman–Crippen LogP) is 14.5. The van der Waals surface area contributed by atoms with Crippen molar-refractivity contribution in [2.45, 2.75) is 19.6 Å². The molecule has 60 heavy (non-hydrogen) atoms. The summed E-state index contributed by atoms with van der Waals surface area (Å²) in [5, 5.41) is 6.48. The molecule has 0 aliphatic heterocycles. The normalized spacial score (nSPS) is 11.9. The molecule has 3 nitrogen and oxygen atoms in total. The van der Waals surface area contributed by atoms with E-state index >= 15 is 0 Å². The lowest BCUT2D eigenvalue weighted by molar-refractivity contribution is 1.18. The van der Waals surface area contributed by atoms with E-state index in [2.05, 4.69) is 229 Å². The van der Waals surface area contributed by atoms with Gasteiger partial charge in [-0.05, 0) is 89.0 Å². The summed E-state index contributed by atoms with van der Waals surface area (Å²) in [7, 11) is -1.42. The molecule has 0 spiro atoms. The topological polar surface area (TPSA) is 22.8 Å². The van der Waals surface area contributed by atoms with Gasteiger partial charge in [0.1, 0.15) is 0 Å². The minimum absolute atomic E-state index is 0.952. The Hall–Kier alpha value is -7.27. The molecule has 8 aromatic carbocycles. The van der Waals surface area contributed by atoms with Gasteiger partial charge in [-0.2, -0.15) is 0 Å². The molecule has 0 saturated carbocycles. The van der Waals surface area contributed by atoms with Crippen LogP contribution in [0.15, 0.2) is 206 Å². The van der Waals surface area contributed by atoms with Crippen LogP contribution in [0, 0.1) is 0 Å². The molecule has 4 heteroatoms. The van der Waals surface area contributed by atoms with Gasteiger partial charge in [0.25, 0.3) is 0 Å². The summed E-state index contributed by atoms with van der Waals surface area (Å²) in [5.41, 5.74) is 16.0. The lowest BCUT2D eigenvalue weighted by atomic mass is 10.00. The Labute approximate surface area is 351 Å². The fraction of sp³-hybridized carbons (Fsp3) is 0.0536. The van der Waals surface area contributed by atoms with Crippen LogP contribution < -0.4 is 5.19 Å². The zero-order valence-electron chi connectivity index (χ0n) is 34.0. The molecule has 0 fully saturated rings. The zero-order valence-corrected chi connectivity index (χ0v) is 35.0. The van der Waals surface area contributed by atoms with Gasteiger partial charge in [-0.3, -0.25) is 0 Å². The standard InChI is InChI=1S/C56H43N3Si/c1-60(2,3)46-30-28-45(29-31-46)59-53-20-12-10-18-47(53)49-32-24-42(37-56(49)59)41-25-33-55-50(34-41)48-19-11-13-21-54(48)58(55)44-26-22-40(23-27-44)52-36-43(38-14-6-4-7-15-38)35-51(57-52)39-16-8-5-9-17-39/h4-37H,1-3H3. The highest BCUT2D eigenvalue weighted by molar-refractivity contribution is 6.88. The van der Waals surface area contributed by atoms with Crippen LogP contribution in [0.5, 0.6) is 0 Å². The first-order valence-corrected chi connectivity index (χ1v) is 24.3. The molecule has 0 unspecified atom stereocenters. The maximum atomic E-state index is 5.19. The number of aromatic nitrogens is 3. The number of rotatable bonds is 7. The third-order valence-corrected chi connectivity index (χ3v) is 14.2. The predicted molar refractivity (Wildman–Crippen MR) is 258 cm³/mol. The Morgan fingerprint density at radius 3 is 1.40 bits per heavy atom. The zero-order chi connectivity index (χ0) is 40.4. The van der Waals surface area contributed by atoms with E-state index in [1.54, 1.807) is 0 Å². The van der Waals surface area contributed by atoms with Crippen molar-refractivity contribution in [3.63, 3.8) is 0 Å². The van der Waals surface area contributed by atoms with Crippen LogP contribution in [0.1, 0.15) is 0 Å². The molecule has 0 aliphatic rings. The van der Waals surface area contributed by atoms with E-state index < -0.39 is 8.07 Å². The lowest BCUT2D eigenvalue weighted by Crippen LogP contribution is -2.37. The molecule has 0 saturated heterocycles. The van der Waals surface area contributed by atoms with Gasteiger partial charge < -0.3 is 9.13 Å². The summed E-state index contributed by atoms with van der Waals surface area (Å²) >= 11 is 0. The molecule has 11 aromatic rings. The molecular weight excluding hydrogens is 743 g/mol. The second kappa shape index (κ2) is 14.2. The van der Waals surface area contributed by atoms with E-state index in [4.69, 9.17) is 4.98 Å². The molecule has 3 heterocycles. The summed E-state index contributed by atoms with van der Waals surface area (Å²) in [6.07, 6.45) is 0. The number of pyridine rings is 1. The van der Waals surface area contributed by atoms with Crippen LogP contribution in [0.2, 0.25) is 19.6 Å². The van der Waals surface area contributed by atoms with Crippen molar-refractivity contribution in [1.29, 1.82) is 0 Å². The second-order valence-corrected chi connectivity index (χ2v) is 21.9. The Bertz CT molecular complexity index is 3310. The second-order valence-electron chi connectivity index (χ2n) is 16.9. The average molecular weight is 786 g/mol. The number of hydrogen-bond donors (Lipinski definition) is 0. The number of fused-ring (bicyclic) bond motifs is 6. The van der Waals surface area contributed by atoms with Crippen molar-refractivity contribution in [2.75, 3.05) is 0 Å². The van der Waals surface area contributed by atoms with E-state index in [1.165, 1.54) is 71.2 Å². The number of para-hydroxylation sites is 2. The molecule has 0 amide bonds. The molecule has 0 bridgehead atoms. The quantitative estimate of drug-likeness (QED) is 0.148. The first-order chi connectivity index (χ1) is 29.4. The van der Waals surface area contributed by atoms with Crippen LogP contribution in [0.3, 0.4) is 0 Å². The monoisotopic (exact) mass is 785 g/mol. The van der Waals surface area contributed by atoms with Crippen molar-refractivity contribution < 1.29 is 0 Å². The fourth-order valence-corrected chi connectivity index (χ4v) is 10.1. The fourth-order valence-electron chi connectivity index (χ4n) is 8.98. The summed E-state index contributed by atoms with van der Waals surface area (Å²) in [6, 6.07) is 75.1. The van der Waals surface area contributed by atoms with E-state index in [0.717, 1.165) is 33.8 Å². The number of hydrogen-bond acceptors (Lipinski definition) is 1. The minimum Gasteiger partial charge on any atom is -0.309 e. The first kappa shape index (κ1) is 35.9. The third kappa shape index (κ3) is 6.16. The lowest BCUT2D eigenvalue weighted by Gasteiger charge is -2.17. The van der Waals surface area contributed by atoms with Crippen molar-refractivity contribution >= 4 is 56.9 Å².